The van der Waals surface area contributed by atoms with Gasteiger partial charge < -0.3 is 5.11 Å². The summed E-state index contributed by atoms with van der Waals surface area (Å²) < 4.78 is 1.04. The van der Waals surface area contributed by atoms with Gasteiger partial charge in [-0.3, -0.25) is 0 Å². The Kier molecular flexibility index (Phi) is 4.41. The molecule has 0 heterocycles. The van der Waals surface area contributed by atoms with Crippen molar-refractivity contribution in [1.29, 1.82) is 0 Å². The fraction of sp³-hybridized carbons (Fsp3) is 0.467. The number of benzene rings is 1. The Morgan fingerprint density at radius 1 is 1.18 bits per heavy atom. The van der Waals surface area contributed by atoms with Gasteiger partial charge in [-0.1, -0.05) is 34.5 Å². The third kappa shape index (κ3) is 3.43. The molecule has 1 unspecified atom stereocenters. The van der Waals surface area contributed by atoms with Gasteiger partial charge in [-0.25, -0.2) is 0 Å². The van der Waals surface area contributed by atoms with Gasteiger partial charge in [-0.05, 0) is 61.4 Å². The van der Waals surface area contributed by atoms with Gasteiger partial charge in [0.05, 0.1) is 0 Å². The topological polar surface area (TPSA) is 20.2 Å². The number of hydrogen-bond donors (Lipinski definition) is 1. The molecule has 0 saturated carbocycles. The number of aliphatic hydroxyl groups is 1. The summed E-state index contributed by atoms with van der Waals surface area (Å²) in [4.78, 5) is 0. The largest absolute Gasteiger partial charge is 0.384 e. The molecule has 0 bridgehead atoms. The second-order valence-electron chi connectivity index (χ2n) is 4.84. The van der Waals surface area contributed by atoms with Crippen molar-refractivity contribution < 1.29 is 5.11 Å². The Morgan fingerprint density at radius 2 is 2.00 bits per heavy atom. The summed E-state index contributed by atoms with van der Waals surface area (Å²) in [5.74, 6) is 0. The van der Waals surface area contributed by atoms with E-state index in [1.807, 2.05) is 6.07 Å². The summed E-state index contributed by atoms with van der Waals surface area (Å²) in [5.41, 5.74) is 3.38. The lowest BCUT2D eigenvalue weighted by Crippen LogP contribution is -2.02. The van der Waals surface area contributed by atoms with E-state index in [0.717, 1.165) is 22.9 Å². The highest BCUT2D eigenvalue weighted by Gasteiger charge is 2.15. The summed E-state index contributed by atoms with van der Waals surface area (Å²) >= 11 is 3.49. The number of halogens is 1. The van der Waals surface area contributed by atoms with Gasteiger partial charge in [-0.15, -0.1) is 0 Å². The van der Waals surface area contributed by atoms with E-state index in [4.69, 9.17) is 0 Å². The Morgan fingerprint density at radius 3 is 2.76 bits per heavy atom. The third-order valence-electron chi connectivity index (χ3n) is 3.31. The van der Waals surface area contributed by atoms with E-state index in [-0.39, 0.29) is 0 Å². The van der Waals surface area contributed by atoms with Crippen LogP contribution in [0.2, 0.25) is 0 Å². The van der Waals surface area contributed by atoms with Crippen molar-refractivity contribution in [2.24, 2.45) is 0 Å². The standard InChI is InChI=1S/C15H19BrO/c1-11-8-13(10-14(16)9-11)15(17)12-6-4-2-3-5-7-12/h6,8-10,15,17H,2-5,7H2,1H3. The molecule has 1 aromatic carbocycles. The van der Waals surface area contributed by atoms with E-state index >= 15 is 0 Å². The van der Waals surface area contributed by atoms with Crippen LogP contribution in [0.3, 0.4) is 0 Å². The van der Waals surface area contributed by atoms with E-state index in [1.54, 1.807) is 0 Å². The number of rotatable bonds is 2. The molecule has 1 aromatic rings. The third-order valence-corrected chi connectivity index (χ3v) is 3.77. The molecule has 2 rings (SSSR count). The second kappa shape index (κ2) is 5.83. The number of hydrogen-bond acceptors (Lipinski definition) is 1. The van der Waals surface area contributed by atoms with Crippen LogP contribution in [0.25, 0.3) is 0 Å². The summed E-state index contributed by atoms with van der Waals surface area (Å²) in [5, 5.41) is 10.4. The Labute approximate surface area is 112 Å². The minimum Gasteiger partial charge on any atom is -0.384 e. The van der Waals surface area contributed by atoms with E-state index < -0.39 is 6.10 Å². The van der Waals surface area contributed by atoms with E-state index in [9.17, 15) is 5.11 Å². The summed E-state index contributed by atoms with van der Waals surface area (Å²) in [6, 6.07) is 6.16. The molecule has 0 fully saturated rings. The zero-order chi connectivity index (χ0) is 12.3. The van der Waals surface area contributed by atoms with Crippen LogP contribution >= 0.6 is 15.9 Å². The number of aryl methyl sites for hydroxylation is 1. The smallest absolute Gasteiger partial charge is 0.100 e. The molecule has 17 heavy (non-hydrogen) atoms. The van der Waals surface area contributed by atoms with Crippen LogP contribution in [0.1, 0.15) is 49.3 Å². The molecule has 1 nitrogen and oxygen atoms in total. The molecular weight excluding hydrogens is 276 g/mol. The van der Waals surface area contributed by atoms with Crippen LogP contribution < -0.4 is 0 Å². The van der Waals surface area contributed by atoms with Gasteiger partial charge in [-0.2, -0.15) is 0 Å². The molecule has 0 saturated heterocycles. The lowest BCUT2D eigenvalue weighted by molar-refractivity contribution is 0.210. The van der Waals surface area contributed by atoms with Gasteiger partial charge in [0.2, 0.25) is 0 Å². The highest BCUT2D eigenvalue weighted by atomic mass is 79.9. The number of aliphatic hydroxyl groups excluding tert-OH is 1. The van der Waals surface area contributed by atoms with Crippen LogP contribution in [-0.4, -0.2) is 5.11 Å². The predicted molar refractivity (Wildman–Crippen MR) is 75.0 cm³/mol. The molecule has 0 aromatic heterocycles. The minimum atomic E-state index is -0.427. The minimum absolute atomic E-state index is 0.427. The van der Waals surface area contributed by atoms with E-state index in [1.165, 1.54) is 30.4 Å². The van der Waals surface area contributed by atoms with Crippen molar-refractivity contribution >= 4 is 15.9 Å². The van der Waals surface area contributed by atoms with Gasteiger partial charge in [0.25, 0.3) is 0 Å². The molecule has 1 aliphatic rings. The second-order valence-corrected chi connectivity index (χ2v) is 5.76. The van der Waals surface area contributed by atoms with Crippen LogP contribution in [-0.2, 0) is 0 Å². The Balaban J connectivity index is 2.23. The molecule has 0 amide bonds. The first kappa shape index (κ1) is 12.8. The SMILES string of the molecule is Cc1cc(Br)cc(C(O)C2=CCCCCC2)c1. The van der Waals surface area contributed by atoms with Crippen LogP contribution in [0.4, 0.5) is 0 Å². The predicted octanol–water partition coefficient (Wildman–Crippen LogP) is 4.68. The summed E-state index contributed by atoms with van der Waals surface area (Å²) in [7, 11) is 0. The van der Waals surface area contributed by atoms with E-state index in [2.05, 4.69) is 41.1 Å². The zero-order valence-electron chi connectivity index (χ0n) is 10.2. The zero-order valence-corrected chi connectivity index (χ0v) is 11.8. The molecule has 0 aliphatic heterocycles. The average molecular weight is 295 g/mol. The van der Waals surface area contributed by atoms with Gasteiger partial charge in [0.15, 0.2) is 0 Å². The van der Waals surface area contributed by atoms with Gasteiger partial charge in [0, 0.05) is 4.47 Å². The molecule has 1 N–H and O–H groups in total. The maximum Gasteiger partial charge on any atom is 0.100 e. The van der Waals surface area contributed by atoms with E-state index in [0.29, 0.717) is 0 Å². The first-order valence-corrected chi connectivity index (χ1v) is 7.10. The first-order chi connectivity index (χ1) is 8.16. The highest BCUT2D eigenvalue weighted by molar-refractivity contribution is 9.10. The summed E-state index contributed by atoms with van der Waals surface area (Å²) in [6.45, 7) is 2.06. The van der Waals surface area contributed by atoms with Crippen LogP contribution in [0.15, 0.2) is 34.3 Å². The maximum atomic E-state index is 10.4. The monoisotopic (exact) mass is 294 g/mol. The molecule has 0 radical (unpaired) electrons. The van der Waals surface area contributed by atoms with Crippen molar-refractivity contribution in [3.8, 4) is 0 Å². The fourth-order valence-electron chi connectivity index (χ4n) is 2.42. The quantitative estimate of drug-likeness (QED) is 0.785. The van der Waals surface area contributed by atoms with Gasteiger partial charge >= 0.3 is 0 Å². The Bertz CT molecular complexity index is 403. The number of allylic oxidation sites excluding steroid dienone is 1. The lowest BCUT2D eigenvalue weighted by atomic mass is 9.97. The molecule has 1 atom stereocenters. The van der Waals surface area contributed by atoms with Crippen LogP contribution in [0.5, 0.6) is 0 Å². The van der Waals surface area contributed by atoms with Crippen molar-refractivity contribution in [2.45, 2.75) is 45.1 Å². The van der Waals surface area contributed by atoms with Crippen LogP contribution in [0, 0.1) is 6.92 Å². The normalized spacial score (nSPS) is 18.4. The van der Waals surface area contributed by atoms with Crippen molar-refractivity contribution in [3.63, 3.8) is 0 Å². The van der Waals surface area contributed by atoms with Crippen molar-refractivity contribution in [3.05, 3.63) is 45.4 Å². The maximum absolute atomic E-state index is 10.4. The van der Waals surface area contributed by atoms with Gasteiger partial charge in [0.1, 0.15) is 6.10 Å². The lowest BCUT2D eigenvalue weighted by Gasteiger charge is -2.15. The Hall–Kier alpha value is -0.600. The average Bonchev–Trinajstić information content (AvgIpc) is 2.55. The molecule has 92 valence electrons. The van der Waals surface area contributed by atoms with Crippen molar-refractivity contribution in [1.82, 2.24) is 0 Å². The molecular formula is C15H19BrO. The highest BCUT2D eigenvalue weighted by Crippen LogP contribution is 2.30. The molecule has 2 heteroatoms. The fourth-order valence-corrected chi connectivity index (χ4v) is 3.05. The molecule has 0 spiro atoms. The first-order valence-electron chi connectivity index (χ1n) is 6.31. The summed E-state index contributed by atoms with van der Waals surface area (Å²) in [6.07, 6.45) is 7.69. The van der Waals surface area contributed by atoms with Crippen molar-refractivity contribution in [2.75, 3.05) is 0 Å². The molecule has 1 aliphatic carbocycles.